The zero-order chi connectivity index (χ0) is 31.2. The molecule has 2 aromatic rings. The number of rotatable bonds is 10. The number of amides is 2. The van der Waals surface area contributed by atoms with Crippen molar-refractivity contribution in [1.29, 1.82) is 0 Å². The van der Waals surface area contributed by atoms with E-state index in [4.69, 9.17) is 19.2 Å². The predicted octanol–water partition coefficient (Wildman–Crippen LogP) is 4.18. The molecule has 1 unspecified atom stereocenters. The van der Waals surface area contributed by atoms with Crippen LogP contribution in [0.25, 0.3) is 10.9 Å². The van der Waals surface area contributed by atoms with E-state index in [1.54, 1.807) is 7.11 Å². The van der Waals surface area contributed by atoms with Crippen LogP contribution in [0.2, 0.25) is 0 Å². The van der Waals surface area contributed by atoms with Gasteiger partial charge in [0, 0.05) is 63.3 Å². The summed E-state index contributed by atoms with van der Waals surface area (Å²) >= 11 is 0. The van der Waals surface area contributed by atoms with Crippen LogP contribution in [-0.4, -0.2) is 98.1 Å². The largest absolute Gasteiger partial charge is 0.475 e. The fourth-order valence-electron chi connectivity index (χ4n) is 5.13. The number of carbonyl (C=O) groups is 2. The van der Waals surface area contributed by atoms with Gasteiger partial charge >= 0.3 is 6.09 Å². The fraction of sp³-hybridized carbons (Fsp3) is 0.581. The maximum atomic E-state index is 13.6. The van der Waals surface area contributed by atoms with E-state index in [0.717, 1.165) is 16.8 Å². The van der Waals surface area contributed by atoms with Crippen LogP contribution in [-0.2, 0) is 9.47 Å². The molecule has 1 aromatic carbocycles. The second kappa shape index (κ2) is 14.0. The first-order valence-corrected chi connectivity index (χ1v) is 14.5. The maximum absolute atomic E-state index is 13.6. The molecule has 2 heterocycles. The number of hydrogen-bond acceptors (Lipinski definition) is 9. The lowest BCUT2D eigenvalue weighted by atomic mass is 10.0. The minimum absolute atomic E-state index is 0.0865. The summed E-state index contributed by atoms with van der Waals surface area (Å²) in [5.74, 6) is 0.182. The highest BCUT2D eigenvalue weighted by atomic mass is 16.6. The summed E-state index contributed by atoms with van der Waals surface area (Å²) < 4.78 is 16.6. The van der Waals surface area contributed by atoms with E-state index in [2.05, 4.69) is 15.5 Å². The Hall–Kier alpha value is -3.73. The molecule has 1 fully saturated rings. The number of hydrogen-bond donors (Lipinski definition) is 2. The SMILES string of the molecule is CN/C=C(/C)N(C)C(C)NC(=O)c1ccc(N2C[C@@H](C)N(C(=O)OC(C)(C)C)[C@@H](C)C2)c2ccc(OCCOC)nc12. The van der Waals surface area contributed by atoms with Gasteiger partial charge in [0.25, 0.3) is 5.91 Å². The van der Waals surface area contributed by atoms with Crippen molar-refractivity contribution in [2.24, 2.45) is 0 Å². The number of ether oxygens (including phenoxy) is 3. The van der Waals surface area contributed by atoms with Crippen molar-refractivity contribution in [3.63, 3.8) is 0 Å². The number of nitrogens with one attached hydrogen (secondary N) is 2. The molecule has 2 N–H and O–H groups in total. The van der Waals surface area contributed by atoms with Crippen molar-refractivity contribution in [1.82, 2.24) is 25.4 Å². The summed E-state index contributed by atoms with van der Waals surface area (Å²) in [6.07, 6.45) is 1.31. The molecule has 1 aromatic heterocycles. The second-order valence-corrected chi connectivity index (χ2v) is 11.8. The summed E-state index contributed by atoms with van der Waals surface area (Å²) in [5, 5.41) is 6.95. The number of fused-ring (bicyclic) bond motifs is 1. The van der Waals surface area contributed by atoms with Gasteiger partial charge in [-0.3, -0.25) is 9.69 Å². The Labute approximate surface area is 250 Å². The number of carbonyl (C=O) groups excluding carboxylic acids is 2. The molecular formula is C31H48N6O5. The van der Waals surface area contributed by atoms with E-state index in [1.165, 1.54) is 0 Å². The zero-order valence-corrected chi connectivity index (χ0v) is 26.8. The summed E-state index contributed by atoms with van der Waals surface area (Å²) in [6, 6.07) is 7.37. The summed E-state index contributed by atoms with van der Waals surface area (Å²) in [5.41, 5.74) is 2.36. The van der Waals surface area contributed by atoms with E-state index in [-0.39, 0.29) is 30.2 Å². The molecule has 0 bridgehead atoms. The third kappa shape index (κ3) is 7.96. The van der Waals surface area contributed by atoms with Gasteiger partial charge in [-0.15, -0.1) is 0 Å². The van der Waals surface area contributed by atoms with Gasteiger partial charge in [0.1, 0.15) is 12.2 Å². The number of methoxy groups -OCH3 is 1. The van der Waals surface area contributed by atoms with Crippen molar-refractivity contribution in [3.8, 4) is 5.88 Å². The van der Waals surface area contributed by atoms with Crippen LogP contribution in [0.5, 0.6) is 5.88 Å². The van der Waals surface area contributed by atoms with E-state index in [0.29, 0.717) is 43.3 Å². The standard InChI is InChI=1S/C31H48N6O5/c1-20(17-32-8)35(9)23(4)33-29(38)25-11-13-26(24-12-14-27(34-28(24)25)41-16-15-40-10)36-18-21(2)37(22(3)19-36)30(39)42-31(5,6)7/h11-14,17,21-23,32H,15-16,18-19H2,1-10H3,(H,33,38)/b20-17-/t21-,22+,23?. The molecule has 0 aliphatic carbocycles. The van der Waals surface area contributed by atoms with Gasteiger partial charge in [-0.05, 0) is 66.7 Å². The van der Waals surface area contributed by atoms with Crippen LogP contribution < -0.4 is 20.3 Å². The molecular weight excluding hydrogens is 536 g/mol. The lowest BCUT2D eigenvalue weighted by molar-refractivity contribution is 0.00566. The molecule has 11 heteroatoms. The third-order valence-corrected chi connectivity index (χ3v) is 7.29. The molecule has 2 amide bonds. The van der Waals surface area contributed by atoms with Gasteiger partial charge in [0.05, 0.1) is 35.9 Å². The molecule has 42 heavy (non-hydrogen) atoms. The smallest absolute Gasteiger partial charge is 0.410 e. The molecule has 0 spiro atoms. The Bertz CT molecular complexity index is 1260. The first kappa shape index (κ1) is 32.8. The summed E-state index contributed by atoms with van der Waals surface area (Å²) in [7, 11) is 5.38. The summed E-state index contributed by atoms with van der Waals surface area (Å²) in [4.78, 5) is 37.4. The average molecular weight is 585 g/mol. The molecule has 1 saturated heterocycles. The molecule has 0 saturated carbocycles. The van der Waals surface area contributed by atoms with Gasteiger partial charge in [-0.2, -0.15) is 0 Å². The van der Waals surface area contributed by atoms with Crippen molar-refractivity contribution >= 4 is 28.6 Å². The number of anilines is 1. The van der Waals surface area contributed by atoms with E-state index in [9.17, 15) is 9.59 Å². The van der Waals surface area contributed by atoms with E-state index < -0.39 is 5.60 Å². The van der Waals surface area contributed by atoms with Crippen molar-refractivity contribution in [2.45, 2.75) is 72.3 Å². The number of piperazine rings is 1. The Morgan fingerprint density at radius 1 is 1.14 bits per heavy atom. The highest BCUT2D eigenvalue weighted by Gasteiger charge is 2.36. The molecule has 0 radical (unpaired) electrons. The third-order valence-electron chi connectivity index (χ3n) is 7.29. The normalized spacial score (nSPS) is 18.5. The van der Waals surface area contributed by atoms with Crippen LogP contribution in [0.3, 0.4) is 0 Å². The van der Waals surface area contributed by atoms with Crippen LogP contribution in [0.1, 0.15) is 58.8 Å². The lowest BCUT2D eigenvalue weighted by Crippen LogP contribution is -2.59. The number of nitrogens with zero attached hydrogens (tertiary/aromatic N) is 4. The Morgan fingerprint density at radius 3 is 2.40 bits per heavy atom. The van der Waals surface area contributed by atoms with Crippen LogP contribution in [0.15, 0.2) is 36.2 Å². The Morgan fingerprint density at radius 2 is 1.81 bits per heavy atom. The van der Waals surface area contributed by atoms with E-state index in [1.807, 2.05) is 103 Å². The number of aromatic nitrogens is 1. The zero-order valence-electron chi connectivity index (χ0n) is 26.8. The van der Waals surface area contributed by atoms with Gasteiger partial charge in [0.15, 0.2) is 0 Å². The highest BCUT2D eigenvalue weighted by molar-refractivity contribution is 6.09. The number of allylic oxidation sites excluding steroid dienone is 1. The van der Waals surface area contributed by atoms with Crippen LogP contribution >= 0.6 is 0 Å². The molecule has 1 aliphatic rings. The molecule has 3 rings (SSSR count). The topological polar surface area (TPSA) is 109 Å². The number of pyridine rings is 1. The Balaban J connectivity index is 1.96. The van der Waals surface area contributed by atoms with Crippen molar-refractivity contribution in [3.05, 3.63) is 41.7 Å². The van der Waals surface area contributed by atoms with Gasteiger partial charge < -0.3 is 34.6 Å². The number of benzene rings is 1. The minimum Gasteiger partial charge on any atom is -0.475 e. The first-order chi connectivity index (χ1) is 19.8. The maximum Gasteiger partial charge on any atom is 0.410 e. The molecule has 11 nitrogen and oxygen atoms in total. The molecule has 232 valence electrons. The van der Waals surface area contributed by atoms with Crippen LogP contribution in [0, 0.1) is 0 Å². The molecule has 3 atom stereocenters. The fourth-order valence-corrected chi connectivity index (χ4v) is 5.13. The predicted molar refractivity (Wildman–Crippen MR) is 166 cm³/mol. The summed E-state index contributed by atoms with van der Waals surface area (Å²) in [6.45, 7) is 15.6. The van der Waals surface area contributed by atoms with Gasteiger partial charge in [-0.25, -0.2) is 9.78 Å². The highest BCUT2D eigenvalue weighted by Crippen LogP contribution is 2.33. The lowest BCUT2D eigenvalue weighted by Gasteiger charge is -2.45. The van der Waals surface area contributed by atoms with Gasteiger partial charge in [0.2, 0.25) is 5.88 Å². The van der Waals surface area contributed by atoms with E-state index >= 15 is 0 Å². The average Bonchev–Trinajstić information content (AvgIpc) is 2.90. The monoisotopic (exact) mass is 584 g/mol. The van der Waals surface area contributed by atoms with Crippen molar-refractivity contribution < 1.29 is 23.8 Å². The van der Waals surface area contributed by atoms with Crippen LogP contribution in [0.4, 0.5) is 10.5 Å². The Kier molecular flexibility index (Phi) is 10.9. The molecule has 1 aliphatic heterocycles. The second-order valence-electron chi connectivity index (χ2n) is 11.8. The quantitative estimate of drug-likeness (QED) is 0.314. The van der Waals surface area contributed by atoms with Crippen molar-refractivity contribution in [2.75, 3.05) is 52.4 Å². The minimum atomic E-state index is -0.566. The first-order valence-electron chi connectivity index (χ1n) is 14.5. The van der Waals surface area contributed by atoms with Gasteiger partial charge in [-0.1, -0.05) is 0 Å².